The van der Waals surface area contributed by atoms with Crippen molar-refractivity contribution in [3.8, 4) is 11.5 Å². The molecule has 0 unspecified atom stereocenters. The van der Waals surface area contributed by atoms with Crippen molar-refractivity contribution < 1.29 is 9.47 Å². The fourth-order valence-corrected chi connectivity index (χ4v) is 5.48. The number of aromatic nitrogens is 3. The fourth-order valence-electron chi connectivity index (χ4n) is 5.21. The number of nitrogens with zero attached hydrogens (tertiary/aromatic N) is 6. The van der Waals surface area contributed by atoms with Gasteiger partial charge < -0.3 is 19.3 Å². The van der Waals surface area contributed by atoms with Crippen LogP contribution in [0, 0.1) is 0 Å². The standard InChI is InChI=1S/C30H32ClN7O2/c1-39-26-18-21(17-25(31)27(26)40-20-23-11-8-10-22-9-2-3-12-24(22)23)19-32-36-28-33-29(37-13-4-5-14-37)35-30(34-28)38-15-6-7-16-38/h2-3,8-12,17-19H,4-7,13-16,20H2,1H3,(H,33,34,35,36)/b32-19+. The Hall–Kier alpha value is -4.11. The largest absolute Gasteiger partial charge is 0.493 e. The van der Waals surface area contributed by atoms with Gasteiger partial charge in [0.2, 0.25) is 17.8 Å². The first-order valence-corrected chi connectivity index (χ1v) is 14.1. The van der Waals surface area contributed by atoms with E-state index in [0.717, 1.165) is 68.4 Å². The van der Waals surface area contributed by atoms with Gasteiger partial charge in [0.1, 0.15) is 6.61 Å². The van der Waals surface area contributed by atoms with Crippen LogP contribution in [0.4, 0.5) is 17.8 Å². The molecule has 0 saturated carbocycles. The summed E-state index contributed by atoms with van der Waals surface area (Å²) in [4.78, 5) is 18.4. The van der Waals surface area contributed by atoms with Gasteiger partial charge in [-0.15, -0.1) is 0 Å². The van der Waals surface area contributed by atoms with Gasteiger partial charge >= 0.3 is 0 Å². The predicted molar refractivity (Wildman–Crippen MR) is 160 cm³/mol. The van der Waals surface area contributed by atoms with Crippen LogP contribution in [0.25, 0.3) is 10.8 Å². The molecule has 0 amide bonds. The number of hydrazone groups is 1. The number of anilines is 3. The van der Waals surface area contributed by atoms with Gasteiger partial charge in [-0.25, -0.2) is 5.43 Å². The van der Waals surface area contributed by atoms with Crippen molar-refractivity contribution in [1.82, 2.24) is 15.0 Å². The maximum atomic E-state index is 6.65. The molecular formula is C30H32ClN7O2. The summed E-state index contributed by atoms with van der Waals surface area (Å²) in [6.07, 6.45) is 6.26. The van der Waals surface area contributed by atoms with Crippen molar-refractivity contribution in [2.45, 2.75) is 32.3 Å². The highest BCUT2D eigenvalue weighted by Gasteiger charge is 2.21. The van der Waals surface area contributed by atoms with Gasteiger partial charge in [0.15, 0.2) is 11.5 Å². The molecule has 2 fully saturated rings. The Morgan fingerprint density at radius 2 is 1.57 bits per heavy atom. The van der Waals surface area contributed by atoms with Crippen LogP contribution in [0.2, 0.25) is 5.02 Å². The van der Waals surface area contributed by atoms with E-state index in [-0.39, 0.29) is 0 Å². The van der Waals surface area contributed by atoms with E-state index in [4.69, 9.17) is 26.1 Å². The summed E-state index contributed by atoms with van der Waals surface area (Å²) in [7, 11) is 1.60. The zero-order chi connectivity index (χ0) is 27.3. The minimum atomic E-state index is 0.366. The monoisotopic (exact) mass is 557 g/mol. The number of benzene rings is 3. The van der Waals surface area contributed by atoms with Crippen molar-refractivity contribution in [3.05, 3.63) is 70.7 Å². The van der Waals surface area contributed by atoms with Crippen molar-refractivity contribution >= 4 is 46.4 Å². The molecule has 0 radical (unpaired) electrons. The predicted octanol–water partition coefficient (Wildman–Crippen LogP) is 5.91. The number of halogens is 1. The second-order valence-electron chi connectivity index (χ2n) is 9.98. The number of rotatable bonds is 9. The lowest BCUT2D eigenvalue weighted by Gasteiger charge is -2.20. The summed E-state index contributed by atoms with van der Waals surface area (Å²) in [5, 5.41) is 7.15. The van der Waals surface area contributed by atoms with E-state index in [1.807, 2.05) is 24.3 Å². The van der Waals surface area contributed by atoms with Gasteiger partial charge in [-0.2, -0.15) is 20.1 Å². The van der Waals surface area contributed by atoms with E-state index in [1.54, 1.807) is 19.4 Å². The lowest BCUT2D eigenvalue weighted by Crippen LogP contribution is -2.25. The summed E-state index contributed by atoms with van der Waals surface area (Å²) < 4.78 is 11.8. The zero-order valence-electron chi connectivity index (χ0n) is 22.5. The van der Waals surface area contributed by atoms with E-state index in [9.17, 15) is 0 Å². The highest BCUT2D eigenvalue weighted by molar-refractivity contribution is 6.32. The van der Waals surface area contributed by atoms with Gasteiger partial charge in [-0.3, -0.25) is 0 Å². The smallest absolute Gasteiger partial charge is 0.250 e. The molecule has 3 heterocycles. The molecule has 2 saturated heterocycles. The highest BCUT2D eigenvalue weighted by Crippen LogP contribution is 2.37. The molecule has 10 heteroatoms. The number of hydrogen-bond donors (Lipinski definition) is 1. The lowest BCUT2D eigenvalue weighted by molar-refractivity contribution is 0.286. The molecule has 4 aromatic rings. The van der Waals surface area contributed by atoms with Crippen LogP contribution in [0.1, 0.15) is 36.8 Å². The minimum Gasteiger partial charge on any atom is -0.493 e. The lowest BCUT2D eigenvalue weighted by atomic mass is 10.1. The third kappa shape index (κ3) is 5.74. The van der Waals surface area contributed by atoms with Gasteiger partial charge in [-0.05, 0) is 59.7 Å². The van der Waals surface area contributed by atoms with Crippen LogP contribution in [0.15, 0.2) is 59.7 Å². The third-order valence-corrected chi connectivity index (χ3v) is 7.55. The normalized spacial score (nSPS) is 15.3. The second-order valence-corrected chi connectivity index (χ2v) is 10.4. The van der Waals surface area contributed by atoms with E-state index in [2.05, 4.69) is 54.6 Å². The molecule has 0 aliphatic carbocycles. The fraction of sp³-hybridized carbons (Fsp3) is 0.333. The Morgan fingerprint density at radius 1 is 0.900 bits per heavy atom. The Bertz CT molecular complexity index is 1480. The average molecular weight is 558 g/mol. The average Bonchev–Trinajstić information content (AvgIpc) is 3.72. The van der Waals surface area contributed by atoms with Crippen molar-refractivity contribution in [1.29, 1.82) is 0 Å². The molecule has 2 aliphatic rings. The van der Waals surface area contributed by atoms with Crippen molar-refractivity contribution in [2.75, 3.05) is 48.5 Å². The van der Waals surface area contributed by atoms with Crippen LogP contribution in [0.3, 0.4) is 0 Å². The molecule has 9 nitrogen and oxygen atoms in total. The molecule has 3 aromatic carbocycles. The van der Waals surface area contributed by atoms with E-state index in [0.29, 0.717) is 41.0 Å². The Labute approximate surface area is 238 Å². The van der Waals surface area contributed by atoms with E-state index < -0.39 is 0 Å². The summed E-state index contributed by atoms with van der Waals surface area (Å²) in [5.41, 5.74) is 4.82. The van der Waals surface area contributed by atoms with Crippen LogP contribution < -0.4 is 24.7 Å². The quantitative estimate of drug-likeness (QED) is 0.201. The van der Waals surface area contributed by atoms with E-state index in [1.165, 1.54) is 5.39 Å². The zero-order valence-corrected chi connectivity index (χ0v) is 23.3. The molecule has 2 aliphatic heterocycles. The van der Waals surface area contributed by atoms with Crippen LogP contribution in [-0.2, 0) is 6.61 Å². The molecule has 40 heavy (non-hydrogen) atoms. The molecule has 206 valence electrons. The topological polar surface area (TPSA) is 88.0 Å². The van der Waals surface area contributed by atoms with Crippen LogP contribution in [-0.4, -0.2) is 54.5 Å². The summed E-state index contributed by atoms with van der Waals surface area (Å²) in [5.74, 6) is 2.84. The second kappa shape index (κ2) is 12.0. The van der Waals surface area contributed by atoms with Gasteiger partial charge in [0.25, 0.3) is 0 Å². The summed E-state index contributed by atoms with van der Waals surface area (Å²) in [6.45, 7) is 4.20. The van der Waals surface area contributed by atoms with Gasteiger partial charge in [-0.1, -0.05) is 54.1 Å². The highest BCUT2D eigenvalue weighted by atomic mass is 35.5. The number of methoxy groups -OCH3 is 1. The first kappa shape index (κ1) is 26.1. The summed E-state index contributed by atoms with van der Waals surface area (Å²) in [6, 6.07) is 18.1. The van der Waals surface area contributed by atoms with Crippen LogP contribution >= 0.6 is 11.6 Å². The molecular weight excluding hydrogens is 526 g/mol. The molecule has 0 atom stereocenters. The maximum absolute atomic E-state index is 6.65. The molecule has 0 spiro atoms. The van der Waals surface area contributed by atoms with Gasteiger partial charge in [0.05, 0.1) is 18.3 Å². The Balaban J connectivity index is 1.18. The summed E-state index contributed by atoms with van der Waals surface area (Å²) >= 11 is 6.65. The first-order valence-electron chi connectivity index (χ1n) is 13.7. The number of hydrogen-bond acceptors (Lipinski definition) is 9. The first-order chi connectivity index (χ1) is 19.7. The van der Waals surface area contributed by atoms with Crippen molar-refractivity contribution in [2.24, 2.45) is 5.10 Å². The molecule has 1 aromatic heterocycles. The molecule has 0 bridgehead atoms. The number of nitrogens with one attached hydrogen (secondary N) is 1. The van der Waals surface area contributed by atoms with E-state index >= 15 is 0 Å². The minimum absolute atomic E-state index is 0.366. The number of ether oxygens (including phenoxy) is 2. The maximum Gasteiger partial charge on any atom is 0.250 e. The molecule has 6 rings (SSSR count). The SMILES string of the molecule is COc1cc(/C=N/Nc2nc(N3CCCC3)nc(N3CCCC3)n2)cc(Cl)c1OCc1cccc2ccccc12. The number of fused-ring (bicyclic) bond motifs is 1. The van der Waals surface area contributed by atoms with Crippen molar-refractivity contribution in [3.63, 3.8) is 0 Å². The molecule has 1 N–H and O–H groups in total. The van der Waals surface area contributed by atoms with Crippen LogP contribution in [0.5, 0.6) is 11.5 Å². The van der Waals surface area contributed by atoms with Gasteiger partial charge in [0, 0.05) is 26.2 Å². The third-order valence-electron chi connectivity index (χ3n) is 7.27. The Morgan fingerprint density at radius 3 is 2.27 bits per heavy atom. The Kier molecular flexibility index (Phi) is 7.81.